The lowest BCUT2D eigenvalue weighted by Crippen LogP contribution is -2.49. The van der Waals surface area contributed by atoms with Gasteiger partial charge in [-0.05, 0) is 49.3 Å². The molecule has 2 aromatic heterocycles. The number of urea groups is 1. The van der Waals surface area contributed by atoms with Gasteiger partial charge in [0.15, 0.2) is 0 Å². The number of anilines is 1. The first-order chi connectivity index (χ1) is 12.3. The summed E-state index contributed by atoms with van der Waals surface area (Å²) >= 11 is 1.72. The van der Waals surface area contributed by atoms with Crippen molar-refractivity contribution in [3.05, 3.63) is 46.8 Å². The van der Waals surface area contributed by atoms with E-state index in [0.29, 0.717) is 6.04 Å². The molecule has 2 fully saturated rings. The molecule has 1 aliphatic heterocycles. The number of aromatic nitrogens is 1. The first-order valence-corrected chi connectivity index (χ1v) is 9.93. The van der Waals surface area contributed by atoms with Crippen LogP contribution in [0.25, 0.3) is 0 Å². The zero-order valence-electron chi connectivity index (χ0n) is 14.3. The standard InChI is InChI=1S/C19H24N4OS/c24-19(23(16-6-7-16)14-17-4-3-13-25-17)21-15-8-11-22(12-9-15)18-5-1-2-10-20-18/h1-5,10,13,15-16H,6-9,11-12,14H2,(H,21,24). The van der Waals surface area contributed by atoms with Gasteiger partial charge in [-0.25, -0.2) is 9.78 Å². The second-order valence-corrected chi connectivity index (χ2v) is 7.87. The summed E-state index contributed by atoms with van der Waals surface area (Å²) in [5.41, 5.74) is 0. The van der Waals surface area contributed by atoms with E-state index in [1.807, 2.05) is 23.2 Å². The molecule has 0 radical (unpaired) electrons. The molecule has 1 aliphatic carbocycles. The molecule has 2 aromatic rings. The molecule has 3 heterocycles. The van der Waals surface area contributed by atoms with Crippen molar-refractivity contribution in [2.75, 3.05) is 18.0 Å². The van der Waals surface area contributed by atoms with Crippen molar-refractivity contribution >= 4 is 23.2 Å². The van der Waals surface area contributed by atoms with Crippen molar-refractivity contribution < 1.29 is 4.79 Å². The molecule has 0 atom stereocenters. The fourth-order valence-corrected chi connectivity index (χ4v) is 4.08. The van der Waals surface area contributed by atoms with Crippen LogP contribution in [0.2, 0.25) is 0 Å². The van der Waals surface area contributed by atoms with Crippen molar-refractivity contribution in [3.8, 4) is 0 Å². The van der Waals surface area contributed by atoms with Crippen LogP contribution in [0.4, 0.5) is 10.6 Å². The van der Waals surface area contributed by atoms with Gasteiger partial charge >= 0.3 is 6.03 Å². The number of nitrogens with one attached hydrogen (secondary N) is 1. The fourth-order valence-electron chi connectivity index (χ4n) is 3.37. The minimum absolute atomic E-state index is 0.104. The molecular weight excluding hydrogens is 332 g/mol. The van der Waals surface area contributed by atoms with Gasteiger partial charge in [-0.3, -0.25) is 0 Å². The molecule has 1 saturated carbocycles. The van der Waals surface area contributed by atoms with Gasteiger partial charge in [0.2, 0.25) is 0 Å². The number of amides is 2. The van der Waals surface area contributed by atoms with Crippen LogP contribution in [0.3, 0.4) is 0 Å². The highest BCUT2D eigenvalue weighted by molar-refractivity contribution is 7.09. The lowest BCUT2D eigenvalue weighted by Gasteiger charge is -2.34. The van der Waals surface area contributed by atoms with Crippen LogP contribution in [0.5, 0.6) is 0 Å². The molecule has 2 amide bonds. The average Bonchev–Trinajstić information content (AvgIpc) is 3.36. The highest BCUT2D eigenvalue weighted by Gasteiger charge is 2.34. The number of pyridine rings is 1. The zero-order valence-corrected chi connectivity index (χ0v) is 15.1. The van der Waals surface area contributed by atoms with E-state index in [1.165, 1.54) is 4.88 Å². The largest absolute Gasteiger partial charge is 0.356 e. The lowest BCUT2D eigenvalue weighted by molar-refractivity contribution is 0.186. The molecule has 6 heteroatoms. The number of hydrogen-bond acceptors (Lipinski definition) is 4. The number of thiophene rings is 1. The Bertz CT molecular complexity index is 679. The number of nitrogens with zero attached hydrogens (tertiary/aromatic N) is 3. The molecule has 1 saturated heterocycles. The maximum atomic E-state index is 12.8. The Hall–Kier alpha value is -2.08. The number of piperidine rings is 1. The van der Waals surface area contributed by atoms with E-state index in [1.54, 1.807) is 11.3 Å². The Labute approximate surface area is 152 Å². The van der Waals surface area contributed by atoms with Crippen molar-refractivity contribution in [2.24, 2.45) is 0 Å². The SMILES string of the molecule is O=C(NC1CCN(c2ccccn2)CC1)N(Cc1cccs1)C1CC1. The first-order valence-electron chi connectivity index (χ1n) is 9.05. The van der Waals surface area contributed by atoms with Crippen molar-refractivity contribution in [2.45, 2.75) is 44.3 Å². The predicted molar refractivity (Wildman–Crippen MR) is 101 cm³/mol. The number of carbonyl (C=O) groups is 1. The minimum Gasteiger partial charge on any atom is -0.356 e. The van der Waals surface area contributed by atoms with Gasteiger partial charge < -0.3 is 15.1 Å². The number of hydrogen-bond donors (Lipinski definition) is 1. The van der Waals surface area contributed by atoms with Gasteiger partial charge in [0.05, 0.1) is 6.54 Å². The highest BCUT2D eigenvalue weighted by Crippen LogP contribution is 2.29. The molecule has 2 aliphatic rings. The maximum Gasteiger partial charge on any atom is 0.318 e. The Morgan fingerprint density at radius 2 is 2.04 bits per heavy atom. The third-order valence-electron chi connectivity index (χ3n) is 4.95. The van der Waals surface area contributed by atoms with Crippen LogP contribution >= 0.6 is 11.3 Å². The summed E-state index contributed by atoms with van der Waals surface area (Å²) in [5, 5.41) is 5.34. The van der Waals surface area contributed by atoms with Crippen molar-refractivity contribution in [3.63, 3.8) is 0 Å². The van der Waals surface area contributed by atoms with Gasteiger partial charge in [0.1, 0.15) is 5.82 Å². The first kappa shape index (κ1) is 16.4. The second-order valence-electron chi connectivity index (χ2n) is 6.84. The van der Waals surface area contributed by atoms with E-state index >= 15 is 0 Å². The summed E-state index contributed by atoms with van der Waals surface area (Å²) in [6.07, 6.45) is 6.05. The smallest absolute Gasteiger partial charge is 0.318 e. The van der Waals surface area contributed by atoms with Crippen molar-refractivity contribution in [1.29, 1.82) is 0 Å². The predicted octanol–water partition coefficient (Wildman–Crippen LogP) is 3.49. The van der Waals surface area contributed by atoms with Crippen LogP contribution in [0.15, 0.2) is 41.9 Å². The van der Waals surface area contributed by atoms with E-state index in [9.17, 15) is 4.79 Å². The van der Waals surface area contributed by atoms with Gasteiger partial charge in [-0.1, -0.05) is 12.1 Å². The Kier molecular flexibility index (Phi) is 4.88. The molecule has 1 N–H and O–H groups in total. The quantitative estimate of drug-likeness (QED) is 0.892. The van der Waals surface area contributed by atoms with Crippen LogP contribution in [-0.2, 0) is 6.54 Å². The molecule has 0 bridgehead atoms. The van der Waals surface area contributed by atoms with Crippen LogP contribution in [-0.4, -0.2) is 41.1 Å². The Morgan fingerprint density at radius 3 is 2.68 bits per heavy atom. The van der Waals surface area contributed by atoms with Gasteiger partial charge in [-0.2, -0.15) is 0 Å². The Morgan fingerprint density at radius 1 is 1.20 bits per heavy atom. The fraction of sp³-hybridized carbons (Fsp3) is 0.474. The summed E-state index contributed by atoms with van der Waals surface area (Å²) in [7, 11) is 0. The van der Waals surface area contributed by atoms with Crippen LogP contribution < -0.4 is 10.2 Å². The summed E-state index contributed by atoms with van der Waals surface area (Å²) in [4.78, 5) is 22.8. The molecule has 0 aromatic carbocycles. The van der Waals surface area contributed by atoms with Gasteiger partial charge in [-0.15, -0.1) is 11.3 Å². The molecule has 132 valence electrons. The number of carbonyl (C=O) groups excluding carboxylic acids is 1. The normalized spacial score (nSPS) is 18.2. The van der Waals surface area contributed by atoms with Crippen LogP contribution in [0, 0.1) is 0 Å². The number of rotatable bonds is 5. The highest BCUT2D eigenvalue weighted by atomic mass is 32.1. The molecule has 5 nitrogen and oxygen atoms in total. The van der Waals surface area contributed by atoms with E-state index in [2.05, 4.69) is 38.8 Å². The summed E-state index contributed by atoms with van der Waals surface area (Å²) in [5.74, 6) is 1.03. The topological polar surface area (TPSA) is 48.5 Å². The van der Waals surface area contributed by atoms with E-state index in [0.717, 1.165) is 51.1 Å². The van der Waals surface area contributed by atoms with E-state index in [-0.39, 0.29) is 12.1 Å². The zero-order chi connectivity index (χ0) is 17.1. The maximum absolute atomic E-state index is 12.8. The minimum atomic E-state index is 0.104. The third-order valence-corrected chi connectivity index (χ3v) is 5.81. The van der Waals surface area contributed by atoms with Gasteiger partial charge in [0, 0.05) is 36.2 Å². The van der Waals surface area contributed by atoms with E-state index in [4.69, 9.17) is 0 Å². The Balaban J connectivity index is 1.30. The average molecular weight is 356 g/mol. The van der Waals surface area contributed by atoms with Crippen LogP contribution in [0.1, 0.15) is 30.6 Å². The molecule has 0 unspecified atom stereocenters. The van der Waals surface area contributed by atoms with Gasteiger partial charge in [0.25, 0.3) is 0 Å². The van der Waals surface area contributed by atoms with Crippen molar-refractivity contribution in [1.82, 2.24) is 15.2 Å². The summed E-state index contributed by atoms with van der Waals surface area (Å²) in [6.45, 7) is 2.62. The monoisotopic (exact) mass is 356 g/mol. The second kappa shape index (κ2) is 7.44. The molecule has 25 heavy (non-hydrogen) atoms. The van der Waals surface area contributed by atoms with E-state index < -0.39 is 0 Å². The summed E-state index contributed by atoms with van der Waals surface area (Å²) < 4.78 is 0. The molecule has 0 spiro atoms. The molecular formula is C19H24N4OS. The lowest BCUT2D eigenvalue weighted by atomic mass is 10.1. The molecule has 4 rings (SSSR count). The third kappa shape index (κ3) is 4.12. The summed E-state index contributed by atoms with van der Waals surface area (Å²) in [6, 6.07) is 11.0.